The molecule has 1 saturated carbocycles. The van der Waals surface area contributed by atoms with Gasteiger partial charge in [-0.2, -0.15) is 0 Å². The largest absolute Gasteiger partial charge is 0.413 e. The zero-order valence-electron chi connectivity index (χ0n) is 13.3. The quantitative estimate of drug-likeness (QED) is 0.569. The molecule has 0 unspecified atom stereocenters. The van der Waals surface area contributed by atoms with Gasteiger partial charge in [0.25, 0.3) is 0 Å². The van der Waals surface area contributed by atoms with E-state index in [0.29, 0.717) is 22.5 Å². The van der Waals surface area contributed by atoms with Crippen LogP contribution in [0, 0.1) is 11.3 Å². The van der Waals surface area contributed by atoms with Crippen molar-refractivity contribution < 1.29 is 4.43 Å². The maximum atomic E-state index is 6.77. The van der Waals surface area contributed by atoms with Gasteiger partial charge in [0.15, 0.2) is 8.32 Å². The first kappa shape index (κ1) is 15.8. The summed E-state index contributed by atoms with van der Waals surface area (Å²) in [4.78, 5) is 0. The Morgan fingerprint density at radius 3 is 2.53 bits per heavy atom. The van der Waals surface area contributed by atoms with E-state index in [2.05, 4.69) is 62.8 Å². The number of allylic oxidation sites excluding steroid dienone is 2. The Balaban J connectivity index is 2.18. The van der Waals surface area contributed by atoms with Crippen LogP contribution in [0.2, 0.25) is 18.1 Å². The van der Waals surface area contributed by atoms with Crippen LogP contribution in [0.4, 0.5) is 0 Å². The van der Waals surface area contributed by atoms with Crippen molar-refractivity contribution in [1.82, 2.24) is 0 Å². The van der Waals surface area contributed by atoms with Gasteiger partial charge in [0, 0.05) is 5.41 Å². The van der Waals surface area contributed by atoms with Crippen LogP contribution in [0.1, 0.15) is 53.4 Å². The molecule has 19 heavy (non-hydrogen) atoms. The van der Waals surface area contributed by atoms with E-state index in [9.17, 15) is 0 Å². The number of hydrogen-bond acceptors (Lipinski definition) is 1. The monoisotopic (exact) mass is 344 g/mol. The third kappa shape index (κ3) is 2.75. The zero-order valence-corrected chi connectivity index (χ0v) is 15.9. The fourth-order valence-corrected chi connectivity index (χ4v) is 5.81. The molecule has 1 fully saturated rings. The molecule has 0 heterocycles. The Morgan fingerprint density at radius 1 is 1.32 bits per heavy atom. The highest BCUT2D eigenvalue weighted by Gasteiger charge is 2.52. The van der Waals surface area contributed by atoms with Gasteiger partial charge in [-0.25, -0.2) is 0 Å². The van der Waals surface area contributed by atoms with Gasteiger partial charge >= 0.3 is 0 Å². The molecule has 0 aromatic heterocycles. The van der Waals surface area contributed by atoms with E-state index in [-0.39, 0.29) is 0 Å². The summed E-state index contributed by atoms with van der Waals surface area (Å²) in [5.74, 6) is 0.691. The maximum Gasteiger partial charge on any atom is 0.192 e. The minimum absolute atomic E-state index is 0.309. The predicted molar refractivity (Wildman–Crippen MR) is 89.1 cm³/mol. The summed E-state index contributed by atoms with van der Waals surface area (Å²) in [7, 11) is -1.65. The molecule has 0 N–H and O–H groups in total. The minimum Gasteiger partial charge on any atom is -0.413 e. The maximum absolute atomic E-state index is 6.77. The van der Waals surface area contributed by atoms with Crippen LogP contribution >= 0.6 is 15.9 Å². The fourth-order valence-electron chi connectivity index (χ4n) is 3.38. The lowest BCUT2D eigenvalue weighted by Gasteiger charge is -2.45. The molecule has 0 saturated heterocycles. The van der Waals surface area contributed by atoms with E-state index < -0.39 is 8.32 Å². The van der Waals surface area contributed by atoms with Gasteiger partial charge in [-0.3, -0.25) is 0 Å². The van der Waals surface area contributed by atoms with Gasteiger partial charge in [-0.15, -0.1) is 0 Å². The predicted octanol–water partition coefficient (Wildman–Crippen LogP) is 5.87. The number of rotatable bonds is 2. The van der Waals surface area contributed by atoms with Crippen LogP contribution in [0.3, 0.4) is 0 Å². The molecule has 2 aliphatic rings. The van der Waals surface area contributed by atoms with Gasteiger partial charge in [-0.05, 0) is 54.2 Å². The summed E-state index contributed by atoms with van der Waals surface area (Å²) in [6.45, 7) is 14.2. The second-order valence-corrected chi connectivity index (χ2v) is 13.8. The highest BCUT2D eigenvalue weighted by atomic mass is 79.9. The molecule has 2 rings (SSSR count). The molecule has 110 valence electrons. The topological polar surface area (TPSA) is 9.23 Å². The molecular formula is C16H29BrOSi. The van der Waals surface area contributed by atoms with Crippen LogP contribution in [0.25, 0.3) is 0 Å². The van der Waals surface area contributed by atoms with Crippen LogP contribution in [0.15, 0.2) is 10.6 Å². The van der Waals surface area contributed by atoms with Gasteiger partial charge in [0.05, 0.1) is 6.10 Å². The number of fused-ring (bicyclic) bond motifs is 1. The molecule has 3 atom stereocenters. The summed E-state index contributed by atoms with van der Waals surface area (Å²) < 4.78 is 8.21. The Bertz CT molecular complexity index is 383. The second kappa shape index (κ2) is 4.99. The van der Waals surface area contributed by atoms with Gasteiger partial charge in [0.1, 0.15) is 0 Å². The van der Waals surface area contributed by atoms with E-state index in [1.54, 1.807) is 0 Å². The van der Waals surface area contributed by atoms with Crippen molar-refractivity contribution in [3.05, 3.63) is 10.6 Å². The lowest BCUT2D eigenvalue weighted by Crippen LogP contribution is -2.48. The molecule has 2 aliphatic carbocycles. The molecular weight excluding hydrogens is 316 g/mol. The summed E-state index contributed by atoms with van der Waals surface area (Å²) in [5.41, 5.74) is 0.350. The van der Waals surface area contributed by atoms with E-state index in [4.69, 9.17) is 4.43 Å². The van der Waals surface area contributed by atoms with Crippen molar-refractivity contribution in [2.75, 3.05) is 0 Å². The summed E-state index contributed by atoms with van der Waals surface area (Å²) in [6.07, 6.45) is 7.83. The average Bonchev–Trinajstić information content (AvgIpc) is 2.55. The molecule has 0 amide bonds. The molecule has 0 aromatic carbocycles. The summed E-state index contributed by atoms with van der Waals surface area (Å²) in [6, 6.07) is 0. The third-order valence-corrected chi connectivity index (χ3v) is 11.2. The van der Waals surface area contributed by atoms with Crippen molar-refractivity contribution in [2.45, 2.75) is 77.6 Å². The summed E-state index contributed by atoms with van der Waals surface area (Å²) in [5, 5.41) is 0.309. The van der Waals surface area contributed by atoms with Crippen molar-refractivity contribution in [3.8, 4) is 0 Å². The fraction of sp³-hybridized carbons (Fsp3) is 0.875. The van der Waals surface area contributed by atoms with Crippen LogP contribution in [0.5, 0.6) is 0 Å². The SMILES string of the molecule is CC(C)(C)[Si](C)(C)O[C@H]1CC[C@H]2C(Br)=CCC[C@]12C. The molecule has 0 aliphatic heterocycles. The lowest BCUT2D eigenvalue weighted by atomic mass is 9.72. The van der Waals surface area contributed by atoms with Crippen LogP contribution in [-0.4, -0.2) is 14.4 Å². The first-order valence-electron chi connectivity index (χ1n) is 7.61. The van der Waals surface area contributed by atoms with Crippen molar-refractivity contribution in [3.63, 3.8) is 0 Å². The summed E-state index contributed by atoms with van der Waals surface area (Å²) >= 11 is 3.79. The van der Waals surface area contributed by atoms with E-state index >= 15 is 0 Å². The zero-order chi connectivity index (χ0) is 14.5. The van der Waals surface area contributed by atoms with Crippen LogP contribution < -0.4 is 0 Å². The van der Waals surface area contributed by atoms with Gasteiger partial charge in [0.2, 0.25) is 0 Å². The first-order valence-corrected chi connectivity index (χ1v) is 11.3. The van der Waals surface area contributed by atoms with Gasteiger partial charge in [-0.1, -0.05) is 49.7 Å². The Hall–Kier alpha value is 0.397. The molecule has 0 bridgehead atoms. The Morgan fingerprint density at radius 2 is 1.95 bits per heavy atom. The normalized spacial score (nSPS) is 36.1. The average molecular weight is 345 g/mol. The van der Waals surface area contributed by atoms with Gasteiger partial charge < -0.3 is 4.43 Å². The third-order valence-electron chi connectivity index (χ3n) is 5.85. The molecule has 3 heteroatoms. The highest BCUT2D eigenvalue weighted by Crippen LogP contribution is 2.56. The molecule has 0 radical (unpaired) electrons. The molecule has 0 spiro atoms. The highest BCUT2D eigenvalue weighted by molar-refractivity contribution is 9.11. The van der Waals surface area contributed by atoms with E-state index in [0.717, 1.165) is 0 Å². The first-order chi connectivity index (χ1) is 8.58. The van der Waals surface area contributed by atoms with Crippen LogP contribution in [-0.2, 0) is 4.43 Å². The van der Waals surface area contributed by atoms with Crippen molar-refractivity contribution in [2.24, 2.45) is 11.3 Å². The molecule has 0 aromatic rings. The van der Waals surface area contributed by atoms with Crippen molar-refractivity contribution >= 4 is 24.2 Å². The lowest BCUT2D eigenvalue weighted by molar-refractivity contribution is 0.0489. The standard InChI is InChI=1S/C16H29BrOSi/c1-15(2,3)19(5,6)18-14-10-9-12-13(17)8-7-11-16(12,14)4/h8,12,14H,7,9-11H2,1-6H3/t12-,14-,16-/m0/s1. The Labute approximate surface area is 128 Å². The number of halogens is 1. The minimum atomic E-state index is -1.65. The Kier molecular flexibility index (Phi) is 4.15. The number of hydrogen-bond donors (Lipinski definition) is 0. The smallest absolute Gasteiger partial charge is 0.192 e. The van der Waals surface area contributed by atoms with E-state index in [1.165, 1.54) is 30.2 Å². The molecule has 1 nitrogen and oxygen atoms in total. The van der Waals surface area contributed by atoms with Crippen molar-refractivity contribution in [1.29, 1.82) is 0 Å². The second-order valence-electron chi connectivity index (χ2n) is 8.13. The van der Waals surface area contributed by atoms with E-state index in [1.807, 2.05) is 0 Å².